The van der Waals surface area contributed by atoms with Crippen LogP contribution in [0.4, 0.5) is 5.82 Å². The van der Waals surface area contributed by atoms with Gasteiger partial charge < -0.3 is 10.3 Å². The van der Waals surface area contributed by atoms with Crippen LogP contribution in [0.5, 0.6) is 0 Å². The van der Waals surface area contributed by atoms with Crippen LogP contribution in [0.1, 0.15) is 26.0 Å². The van der Waals surface area contributed by atoms with Gasteiger partial charge in [0.25, 0.3) is 0 Å². The molecule has 0 amide bonds. The first-order valence-electron chi connectivity index (χ1n) is 4.04. The molecule has 1 unspecified atom stereocenters. The fourth-order valence-electron chi connectivity index (χ4n) is 0.915. The first kappa shape index (κ1) is 9.58. The quantitative estimate of drug-likeness (QED) is 0.872. The number of hydrogen-bond donors (Lipinski definition) is 1. The molecular weight excluding hydrogens is 220 g/mol. The normalized spacial score (nSPS) is 13.2. The van der Waals surface area contributed by atoms with Crippen molar-refractivity contribution in [2.45, 2.75) is 26.7 Å². The third kappa shape index (κ3) is 2.00. The number of hydrogen-bond acceptors (Lipinski definition) is 3. The second-order valence-corrected chi connectivity index (χ2v) is 3.82. The van der Waals surface area contributed by atoms with E-state index in [1.807, 2.05) is 0 Å². The molecule has 2 N–H and O–H groups in total. The lowest BCUT2D eigenvalue weighted by Crippen LogP contribution is -1.97. The van der Waals surface area contributed by atoms with E-state index in [-0.39, 0.29) is 0 Å². The third-order valence-corrected chi connectivity index (χ3v) is 2.80. The van der Waals surface area contributed by atoms with Crippen LogP contribution in [0.3, 0.4) is 0 Å². The van der Waals surface area contributed by atoms with Crippen molar-refractivity contribution in [3.63, 3.8) is 0 Å². The van der Waals surface area contributed by atoms with Crippen molar-refractivity contribution in [1.82, 2.24) is 5.16 Å². The molecule has 0 aliphatic carbocycles. The Hall–Kier alpha value is -0.510. The van der Waals surface area contributed by atoms with E-state index in [1.54, 1.807) is 0 Å². The average Bonchev–Trinajstić information content (AvgIpc) is 2.36. The molecule has 0 aliphatic rings. The van der Waals surface area contributed by atoms with Gasteiger partial charge in [0.2, 0.25) is 0 Å². The monoisotopic (exact) mass is 232 g/mol. The van der Waals surface area contributed by atoms with Crippen molar-refractivity contribution in [3.05, 3.63) is 10.2 Å². The van der Waals surface area contributed by atoms with E-state index in [0.29, 0.717) is 11.7 Å². The zero-order valence-corrected chi connectivity index (χ0v) is 8.89. The molecule has 0 bridgehead atoms. The second-order valence-electron chi connectivity index (χ2n) is 3.02. The zero-order valence-electron chi connectivity index (χ0n) is 7.30. The van der Waals surface area contributed by atoms with Crippen LogP contribution in [-0.4, -0.2) is 5.16 Å². The maximum Gasteiger partial charge on any atom is 0.181 e. The summed E-state index contributed by atoms with van der Waals surface area (Å²) in [5.41, 5.74) is 5.51. The standard InChI is InChI=1S/C8H13BrN2O/c1-3-5(2)4-6-7(9)8(10)11-12-6/h5H,3-4H2,1-2H3,(H2,10,11). The average molecular weight is 233 g/mol. The Bertz CT molecular complexity index is 260. The largest absolute Gasteiger partial charge is 0.380 e. The summed E-state index contributed by atoms with van der Waals surface area (Å²) in [5.74, 6) is 1.89. The van der Waals surface area contributed by atoms with Gasteiger partial charge in [0.05, 0.1) is 0 Å². The lowest BCUT2D eigenvalue weighted by Gasteiger charge is -2.03. The molecule has 0 saturated carbocycles. The van der Waals surface area contributed by atoms with E-state index in [1.165, 1.54) is 0 Å². The minimum absolute atomic E-state index is 0.438. The van der Waals surface area contributed by atoms with Crippen molar-refractivity contribution in [2.24, 2.45) is 5.92 Å². The predicted molar refractivity (Wildman–Crippen MR) is 51.8 cm³/mol. The molecule has 68 valence electrons. The van der Waals surface area contributed by atoms with Crippen LogP contribution in [0.15, 0.2) is 9.00 Å². The molecule has 0 radical (unpaired) electrons. The van der Waals surface area contributed by atoms with Crippen molar-refractivity contribution < 1.29 is 4.52 Å². The first-order chi connectivity index (χ1) is 5.65. The van der Waals surface area contributed by atoms with Gasteiger partial charge in [-0.3, -0.25) is 0 Å². The molecule has 1 aromatic heterocycles. The maximum absolute atomic E-state index is 5.51. The SMILES string of the molecule is CCC(C)Cc1onc(N)c1Br. The Morgan fingerprint density at radius 1 is 1.67 bits per heavy atom. The molecule has 0 spiro atoms. The highest BCUT2D eigenvalue weighted by Gasteiger charge is 2.12. The summed E-state index contributed by atoms with van der Waals surface area (Å²) >= 11 is 3.33. The Morgan fingerprint density at radius 2 is 2.33 bits per heavy atom. The van der Waals surface area contributed by atoms with Crippen molar-refractivity contribution in [1.29, 1.82) is 0 Å². The van der Waals surface area contributed by atoms with Gasteiger partial charge in [-0.05, 0) is 21.8 Å². The summed E-state index contributed by atoms with van der Waals surface area (Å²) < 4.78 is 5.85. The topological polar surface area (TPSA) is 52.0 Å². The maximum atomic E-state index is 5.51. The minimum Gasteiger partial charge on any atom is -0.380 e. The van der Waals surface area contributed by atoms with Crippen LogP contribution in [0.25, 0.3) is 0 Å². The number of nitrogens with two attached hydrogens (primary N) is 1. The Kier molecular flexibility index (Phi) is 3.14. The third-order valence-electron chi connectivity index (χ3n) is 1.95. The van der Waals surface area contributed by atoms with Crippen molar-refractivity contribution in [2.75, 3.05) is 5.73 Å². The van der Waals surface area contributed by atoms with E-state index in [2.05, 4.69) is 34.9 Å². The molecule has 0 fully saturated rings. The molecule has 3 nitrogen and oxygen atoms in total. The Balaban J connectivity index is 2.69. The van der Waals surface area contributed by atoms with E-state index < -0.39 is 0 Å². The molecule has 0 aliphatic heterocycles. The summed E-state index contributed by atoms with van der Waals surface area (Å²) in [5, 5.41) is 3.66. The van der Waals surface area contributed by atoms with Gasteiger partial charge in [0.1, 0.15) is 4.47 Å². The molecule has 0 saturated heterocycles. The predicted octanol–water partition coefficient (Wildman–Crippen LogP) is 2.61. The molecule has 12 heavy (non-hydrogen) atoms. The number of nitrogens with zero attached hydrogens (tertiary/aromatic N) is 1. The molecular formula is C8H13BrN2O. The zero-order chi connectivity index (χ0) is 9.14. The second kappa shape index (κ2) is 3.94. The lowest BCUT2D eigenvalue weighted by atomic mass is 10.0. The van der Waals surface area contributed by atoms with Crippen LogP contribution < -0.4 is 5.73 Å². The van der Waals surface area contributed by atoms with E-state index in [9.17, 15) is 0 Å². The lowest BCUT2D eigenvalue weighted by molar-refractivity contribution is 0.362. The summed E-state index contributed by atoms with van der Waals surface area (Å²) in [7, 11) is 0. The molecule has 0 aromatic carbocycles. The van der Waals surface area contributed by atoms with Gasteiger partial charge in [-0.2, -0.15) is 0 Å². The Labute approximate surface area is 80.4 Å². The Morgan fingerprint density at radius 3 is 2.75 bits per heavy atom. The van der Waals surface area contributed by atoms with Crippen LogP contribution >= 0.6 is 15.9 Å². The van der Waals surface area contributed by atoms with Gasteiger partial charge in [-0.15, -0.1) is 0 Å². The highest BCUT2D eigenvalue weighted by molar-refractivity contribution is 9.10. The van der Waals surface area contributed by atoms with E-state index >= 15 is 0 Å². The fraction of sp³-hybridized carbons (Fsp3) is 0.625. The van der Waals surface area contributed by atoms with Crippen LogP contribution in [0.2, 0.25) is 0 Å². The van der Waals surface area contributed by atoms with Crippen molar-refractivity contribution in [3.8, 4) is 0 Å². The van der Waals surface area contributed by atoms with Gasteiger partial charge in [-0.1, -0.05) is 25.4 Å². The molecule has 4 heteroatoms. The van der Waals surface area contributed by atoms with Gasteiger partial charge in [0.15, 0.2) is 11.6 Å². The number of anilines is 1. The van der Waals surface area contributed by atoms with E-state index in [0.717, 1.165) is 23.1 Å². The summed E-state index contributed by atoms with van der Waals surface area (Å²) in [6.07, 6.45) is 2.02. The highest BCUT2D eigenvalue weighted by atomic mass is 79.9. The minimum atomic E-state index is 0.438. The molecule has 1 atom stereocenters. The smallest absolute Gasteiger partial charge is 0.181 e. The van der Waals surface area contributed by atoms with Gasteiger partial charge >= 0.3 is 0 Å². The first-order valence-corrected chi connectivity index (χ1v) is 4.84. The summed E-state index contributed by atoms with van der Waals surface area (Å²) in [6, 6.07) is 0. The molecule has 1 aromatic rings. The summed E-state index contributed by atoms with van der Waals surface area (Å²) in [4.78, 5) is 0. The van der Waals surface area contributed by atoms with Gasteiger partial charge in [-0.25, -0.2) is 0 Å². The fourth-order valence-corrected chi connectivity index (χ4v) is 1.22. The number of nitrogen functional groups attached to an aromatic ring is 1. The number of rotatable bonds is 3. The van der Waals surface area contributed by atoms with Crippen LogP contribution in [-0.2, 0) is 6.42 Å². The van der Waals surface area contributed by atoms with E-state index in [4.69, 9.17) is 10.3 Å². The van der Waals surface area contributed by atoms with Crippen LogP contribution in [0, 0.1) is 5.92 Å². The highest BCUT2D eigenvalue weighted by Crippen LogP contribution is 2.25. The van der Waals surface area contributed by atoms with Crippen molar-refractivity contribution >= 4 is 21.7 Å². The van der Waals surface area contributed by atoms with Gasteiger partial charge in [0, 0.05) is 6.42 Å². The number of aromatic nitrogens is 1. The summed E-state index contributed by atoms with van der Waals surface area (Å²) in [6.45, 7) is 4.32. The molecule has 1 rings (SSSR count). The number of halogens is 1. The molecule has 1 heterocycles.